The molecule has 6 rings (SSSR count). The van der Waals surface area contributed by atoms with Gasteiger partial charge in [0.2, 0.25) is 0 Å². The number of benzene rings is 4. The predicted molar refractivity (Wildman–Crippen MR) is 158 cm³/mol. The van der Waals surface area contributed by atoms with Crippen molar-refractivity contribution in [3.05, 3.63) is 131 Å². The molecule has 10 heteroatoms. The zero-order chi connectivity index (χ0) is 29.6. The number of carbonyl (C=O) groups excluding carboxylic acids is 2. The Morgan fingerprint density at radius 3 is 2.52 bits per heavy atom. The molecule has 0 saturated heterocycles. The highest BCUT2D eigenvalue weighted by atomic mass is 35.5. The van der Waals surface area contributed by atoms with Gasteiger partial charge in [-0.25, -0.2) is 21.9 Å². The summed E-state index contributed by atoms with van der Waals surface area (Å²) in [5, 5.41) is 2.15. The Kier molecular flexibility index (Phi) is 7.00. The number of sulfonamides is 1. The Labute approximate surface area is 244 Å². The lowest BCUT2D eigenvalue weighted by atomic mass is 9.93. The average Bonchev–Trinajstić information content (AvgIpc) is 3.27. The van der Waals surface area contributed by atoms with Crippen LogP contribution in [0.2, 0.25) is 5.02 Å². The van der Waals surface area contributed by atoms with E-state index in [9.17, 15) is 26.8 Å². The normalized spacial score (nSPS) is 13.5. The van der Waals surface area contributed by atoms with Gasteiger partial charge in [0.1, 0.15) is 17.3 Å². The second-order valence-corrected chi connectivity index (χ2v) is 11.9. The SMILES string of the molecule is O=C1CC=CC=C1c1c(C(=O)NS(=O)(=O)c2ccc3ccccc3c2)n(Cc2cc(F)ccc2F)c2ccc(Cl)cc12. The van der Waals surface area contributed by atoms with E-state index in [1.165, 1.54) is 22.8 Å². The minimum atomic E-state index is -4.40. The zero-order valence-corrected chi connectivity index (χ0v) is 23.3. The number of hydrogen-bond donors (Lipinski definition) is 1. The second kappa shape index (κ2) is 10.7. The van der Waals surface area contributed by atoms with E-state index in [1.807, 2.05) is 12.1 Å². The van der Waals surface area contributed by atoms with Crippen LogP contribution >= 0.6 is 11.6 Å². The van der Waals surface area contributed by atoms with Crippen LogP contribution in [0.1, 0.15) is 28.0 Å². The van der Waals surface area contributed by atoms with Crippen molar-refractivity contribution >= 4 is 60.6 Å². The van der Waals surface area contributed by atoms with Crippen LogP contribution in [0.15, 0.2) is 102 Å². The number of allylic oxidation sites excluding steroid dienone is 4. The van der Waals surface area contributed by atoms with Crippen molar-refractivity contribution in [2.75, 3.05) is 0 Å². The number of fused-ring (bicyclic) bond motifs is 2. The van der Waals surface area contributed by atoms with Crippen molar-refractivity contribution in [2.45, 2.75) is 17.9 Å². The molecule has 1 heterocycles. The van der Waals surface area contributed by atoms with Gasteiger partial charge in [0.25, 0.3) is 15.9 Å². The number of aromatic nitrogens is 1. The van der Waals surface area contributed by atoms with Gasteiger partial charge in [-0.1, -0.05) is 60.2 Å². The lowest BCUT2D eigenvalue weighted by Crippen LogP contribution is -2.33. The van der Waals surface area contributed by atoms with E-state index in [2.05, 4.69) is 4.72 Å². The lowest BCUT2D eigenvalue weighted by molar-refractivity contribution is -0.113. The van der Waals surface area contributed by atoms with Crippen molar-refractivity contribution in [3.8, 4) is 0 Å². The maximum absolute atomic E-state index is 14.8. The smallest absolute Gasteiger partial charge is 0.282 e. The molecular formula is C32H21ClF2N2O4S. The number of Topliss-reactive ketones (excluding diaryl/α,β-unsaturated/α-hetero) is 1. The number of amides is 1. The van der Waals surface area contributed by atoms with Crippen molar-refractivity contribution in [3.63, 3.8) is 0 Å². The Hall–Kier alpha value is -4.60. The highest BCUT2D eigenvalue weighted by Gasteiger charge is 2.31. The third-order valence-electron chi connectivity index (χ3n) is 7.11. The third-order valence-corrected chi connectivity index (χ3v) is 8.67. The predicted octanol–water partition coefficient (Wildman–Crippen LogP) is 6.81. The molecule has 0 spiro atoms. The molecule has 0 saturated carbocycles. The topological polar surface area (TPSA) is 85.2 Å². The highest BCUT2D eigenvalue weighted by Crippen LogP contribution is 2.37. The number of nitrogens with one attached hydrogen (secondary N) is 1. The molecule has 42 heavy (non-hydrogen) atoms. The number of halogens is 3. The first kappa shape index (κ1) is 27.6. The van der Waals surface area contributed by atoms with Crippen molar-refractivity contribution in [1.82, 2.24) is 9.29 Å². The van der Waals surface area contributed by atoms with Gasteiger partial charge < -0.3 is 4.57 Å². The van der Waals surface area contributed by atoms with E-state index in [-0.39, 0.29) is 46.0 Å². The fourth-order valence-electron chi connectivity index (χ4n) is 5.16. The van der Waals surface area contributed by atoms with Gasteiger partial charge in [-0.2, -0.15) is 0 Å². The van der Waals surface area contributed by atoms with Crippen LogP contribution in [0.5, 0.6) is 0 Å². The van der Waals surface area contributed by atoms with Gasteiger partial charge in [0.05, 0.1) is 11.4 Å². The van der Waals surface area contributed by atoms with Crippen LogP contribution in [0.25, 0.3) is 27.2 Å². The molecule has 0 atom stereocenters. The molecule has 4 aromatic carbocycles. The number of rotatable bonds is 6. The minimum Gasteiger partial charge on any atom is -0.331 e. The Morgan fingerprint density at radius 1 is 0.952 bits per heavy atom. The quantitative estimate of drug-likeness (QED) is 0.231. The van der Waals surface area contributed by atoms with E-state index in [4.69, 9.17) is 11.6 Å². The van der Waals surface area contributed by atoms with E-state index < -0.39 is 27.6 Å². The van der Waals surface area contributed by atoms with Gasteiger partial charge in [-0.05, 0) is 59.3 Å². The Balaban J connectivity index is 1.56. The molecule has 1 aromatic heterocycles. The summed E-state index contributed by atoms with van der Waals surface area (Å²) in [6, 6.07) is 19.2. The third kappa shape index (κ3) is 5.01. The van der Waals surface area contributed by atoms with E-state index in [1.54, 1.807) is 48.6 Å². The summed E-state index contributed by atoms with van der Waals surface area (Å²) < 4.78 is 59.4. The molecular weight excluding hydrogens is 582 g/mol. The summed E-state index contributed by atoms with van der Waals surface area (Å²) in [7, 11) is -4.40. The van der Waals surface area contributed by atoms with Crippen LogP contribution < -0.4 is 4.72 Å². The molecule has 5 aromatic rings. The maximum atomic E-state index is 14.8. The molecule has 1 aliphatic rings. The standard InChI is InChI=1S/C32H21ClF2N2O4S/c33-22-10-14-28-26(17-22)30(25-7-3-4-8-29(25)38)31(37(28)18-21-15-23(34)11-13-27(21)35)32(39)36-42(40,41)24-12-9-19-5-1-2-6-20(19)16-24/h1-7,9-17H,8,18H2,(H,36,39). The number of nitrogens with zero attached hydrogens (tertiary/aromatic N) is 1. The molecule has 0 unspecified atom stereocenters. The maximum Gasteiger partial charge on any atom is 0.282 e. The molecule has 0 bridgehead atoms. The first-order chi connectivity index (χ1) is 20.1. The van der Waals surface area contributed by atoms with E-state index in [0.29, 0.717) is 21.3 Å². The van der Waals surface area contributed by atoms with Crippen LogP contribution in [0, 0.1) is 11.6 Å². The first-order valence-electron chi connectivity index (χ1n) is 12.8. The monoisotopic (exact) mass is 602 g/mol. The van der Waals surface area contributed by atoms with Crippen LogP contribution in [0.4, 0.5) is 8.78 Å². The number of ketones is 1. The minimum absolute atomic E-state index is 0.0635. The summed E-state index contributed by atoms with van der Waals surface area (Å²) in [5.41, 5.74) is 0.384. The van der Waals surface area contributed by atoms with Crippen molar-refractivity contribution in [2.24, 2.45) is 0 Å². The lowest BCUT2D eigenvalue weighted by Gasteiger charge is -2.15. The van der Waals surface area contributed by atoms with Gasteiger partial charge in [-0.15, -0.1) is 0 Å². The molecule has 1 N–H and O–H groups in total. The fraction of sp³-hybridized carbons (Fsp3) is 0.0625. The first-order valence-corrected chi connectivity index (χ1v) is 14.7. The Morgan fingerprint density at radius 2 is 1.74 bits per heavy atom. The molecule has 6 nitrogen and oxygen atoms in total. The van der Waals surface area contributed by atoms with Crippen LogP contribution in [0.3, 0.4) is 0 Å². The number of carbonyl (C=O) groups is 2. The molecule has 1 amide bonds. The van der Waals surface area contributed by atoms with Crippen LogP contribution in [-0.4, -0.2) is 24.7 Å². The molecule has 0 radical (unpaired) electrons. The highest BCUT2D eigenvalue weighted by molar-refractivity contribution is 7.90. The van der Waals surface area contributed by atoms with E-state index >= 15 is 0 Å². The second-order valence-electron chi connectivity index (χ2n) is 9.79. The molecule has 0 fully saturated rings. The van der Waals surface area contributed by atoms with Gasteiger partial charge in [0.15, 0.2) is 5.78 Å². The Bertz CT molecular complexity index is 2120. The average molecular weight is 603 g/mol. The summed E-state index contributed by atoms with van der Waals surface area (Å²) in [6.45, 7) is -0.336. The van der Waals surface area contributed by atoms with Crippen molar-refractivity contribution < 1.29 is 26.8 Å². The summed E-state index contributed by atoms with van der Waals surface area (Å²) in [6.07, 6.45) is 4.91. The molecule has 0 aliphatic heterocycles. The van der Waals surface area contributed by atoms with Gasteiger partial charge >= 0.3 is 0 Å². The number of hydrogen-bond acceptors (Lipinski definition) is 4. The van der Waals surface area contributed by atoms with E-state index in [0.717, 1.165) is 23.6 Å². The largest absolute Gasteiger partial charge is 0.331 e. The molecule has 1 aliphatic carbocycles. The summed E-state index contributed by atoms with van der Waals surface area (Å²) in [5.74, 6) is -2.77. The fourth-order valence-corrected chi connectivity index (χ4v) is 6.32. The summed E-state index contributed by atoms with van der Waals surface area (Å²) >= 11 is 6.31. The zero-order valence-electron chi connectivity index (χ0n) is 21.8. The van der Waals surface area contributed by atoms with Crippen molar-refractivity contribution in [1.29, 1.82) is 0 Å². The van der Waals surface area contributed by atoms with Crippen LogP contribution in [-0.2, 0) is 21.4 Å². The van der Waals surface area contributed by atoms with Gasteiger partial charge in [-0.3, -0.25) is 9.59 Å². The van der Waals surface area contributed by atoms with Gasteiger partial charge in [0, 0.05) is 39.0 Å². The molecule has 210 valence electrons. The summed E-state index contributed by atoms with van der Waals surface area (Å²) in [4.78, 5) is 26.9.